The Labute approximate surface area is 340 Å². The summed E-state index contributed by atoms with van der Waals surface area (Å²) in [5.41, 5.74) is 9.88. The number of allylic oxidation sites excluding steroid dienone is 1. The van der Waals surface area contributed by atoms with Crippen molar-refractivity contribution < 1.29 is 24.2 Å². The summed E-state index contributed by atoms with van der Waals surface area (Å²) in [6.45, 7) is 11.4. The molecular formula is C48H51N5O5. The van der Waals surface area contributed by atoms with Gasteiger partial charge < -0.3 is 34.6 Å². The van der Waals surface area contributed by atoms with Gasteiger partial charge in [0, 0.05) is 68.7 Å². The molecule has 7 aliphatic rings. The smallest absolute Gasteiger partial charge is 0.255 e. The van der Waals surface area contributed by atoms with E-state index in [-0.39, 0.29) is 29.4 Å². The molecule has 1 spiro atoms. The molecule has 0 bridgehead atoms. The first-order valence-corrected chi connectivity index (χ1v) is 21.2. The first-order valence-electron chi connectivity index (χ1n) is 21.2. The number of piperidine rings is 1. The van der Waals surface area contributed by atoms with Crippen molar-refractivity contribution in [2.45, 2.75) is 68.2 Å². The molecule has 298 valence electrons. The van der Waals surface area contributed by atoms with E-state index in [1.807, 2.05) is 18.2 Å². The Morgan fingerprint density at radius 3 is 2.53 bits per heavy atom. The molecule has 10 nitrogen and oxygen atoms in total. The van der Waals surface area contributed by atoms with Gasteiger partial charge in [0.15, 0.2) is 0 Å². The fraction of sp³-hybridized carbons (Fsp3) is 0.417. The number of nitrogens with one attached hydrogen (secondary N) is 1. The second kappa shape index (κ2) is 13.9. The van der Waals surface area contributed by atoms with Crippen LogP contribution in [-0.2, 0) is 22.5 Å². The number of benzene rings is 4. The van der Waals surface area contributed by atoms with Crippen LogP contribution in [0, 0.1) is 5.92 Å². The highest BCUT2D eigenvalue weighted by atomic mass is 16.5. The Bertz CT molecular complexity index is 2290. The molecule has 4 fully saturated rings. The minimum absolute atomic E-state index is 0.0707. The highest BCUT2D eigenvalue weighted by molar-refractivity contribution is 6.02. The summed E-state index contributed by atoms with van der Waals surface area (Å²) >= 11 is 0. The number of phenolic OH excluding ortho intramolecular Hbond substituents is 1. The average Bonchev–Trinajstić information content (AvgIpc) is 3.79. The lowest BCUT2D eigenvalue weighted by Gasteiger charge is -2.49. The zero-order valence-electron chi connectivity index (χ0n) is 32.9. The van der Waals surface area contributed by atoms with E-state index >= 15 is 0 Å². The standard InChI is InChI=1S/C48H51N5O5/c1-30-7-16-42(46(55)49-30)53-24-35-20-43-44(21-41(35)47(53)56)57-27-37-25-50(17-18-52(37)43)23-31-22-48(58-26-31)28-51(29-48)36-11-8-33(9-12-36)45-39(32-5-3-2-4-6-32)14-10-34-19-38(54)13-15-40(34)45/h2-6,8-9,11-13,15,19-21,31,37,39,42,45,54H,1,7,10,14,16-18,22-29H2,(H,49,55)/t31?,37-,39-,42-,45+/m0/s1. The van der Waals surface area contributed by atoms with Gasteiger partial charge in [-0.25, -0.2) is 0 Å². The molecule has 5 atom stereocenters. The third-order valence-corrected chi connectivity index (χ3v) is 14.2. The lowest BCUT2D eigenvalue weighted by Crippen LogP contribution is -2.62. The van der Waals surface area contributed by atoms with Crippen molar-refractivity contribution in [3.8, 4) is 11.5 Å². The highest BCUT2D eigenvalue weighted by Crippen LogP contribution is 2.48. The maximum atomic E-state index is 13.5. The van der Waals surface area contributed by atoms with Crippen molar-refractivity contribution in [3.63, 3.8) is 0 Å². The topological polar surface area (TPSA) is 97.8 Å². The quantitative estimate of drug-likeness (QED) is 0.240. The van der Waals surface area contributed by atoms with Crippen LogP contribution in [0.2, 0.25) is 0 Å². The number of aryl methyl sites for hydroxylation is 1. The highest BCUT2D eigenvalue weighted by Gasteiger charge is 2.50. The normalized spacial score (nSPS) is 27.3. The summed E-state index contributed by atoms with van der Waals surface area (Å²) in [6, 6.07) is 29.9. The van der Waals surface area contributed by atoms with Crippen molar-refractivity contribution in [1.29, 1.82) is 0 Å². The Kier molecular flexibility index (Phi) is 8.59. The minimum Gasteiger partial charge on any atom is -0.508 e. The van der Waals surface area contributed by atoms with Gasteiger partial charge in [-0.2, -0.15) is 0 Å². The van der Waals surface area contributed by atoms with Gasteiger partial charge >= 0.3 is 0 Å². The molecule has 58 heavy (non-hydrogen) atoms. The van der Waals surface area contributed by atoms with Gasteiger partial charge in [-0.05, 0) is 108 Å². The monoisotopic (exact) mass is 777 g/mol. The van der Waals surface area contributed by atoms with Crippen LogP contribution >= 0.6 is 0 Å². The van der Waals surface area contributed by atoms with Crippen LogP contribution < -0.4 is 19.9 Å². The summed E-state index contributed by atoms with van der Waals surface area (Å²) in [6.07, 6.45) is 4.40. The maximum absolute atomic E-state index is 13.5. The fourth-order valence-corrected chi connectivity index (χ4v) is 11.4. The predicted octanol–water partition coefficient (Wildman–Crippen LogP) is 6.18. The molecule has 0 aromatic heterocycles. The summed E-state index contributed by atoms with van der Waals surface area (Å²) in [5, 5.41) is 13.1. The molecule has 4 aromatic rings. The Balaban J connectivity index is 0.707. The molecular weight excluding hydrogens is 727 g/mol. The minimum atomic E-state index is -0.468. The number of amides is 2. The number of hydrogen-bond donors (Lipinski definition) is 2. The largest absolute Gasteiger partial charge is 0.508 e. The van der Waals surface area contributed by atoms with Crippen LogP contribution in [0.4, 0.5) is 11.4 Å². The van der Waals surface area contributed by atoms with E-state index in [0.29, 0.717) is 49.1 Å². The molecule has 0 radical (unpaired) electrons. The van der Waals surface area contributed by atoms with Crippen molar-refractivity contribution in [3.05, 3.63) is 131 Å². The molecule has 2 amide bonds. The van der Waals surface area contributed by atoms with E-state index in [2.05, 4.69) is 93.3 Å². The van der Waals surface area contributed by atoms with Crippen molar-refractivity contribution in [2.24, 2.45) is 5.92 Å². The SMILES string of the molecule is C=C1CC[C@H](N2Cc3cc4c(cc3C2=O)OC[C@@H]2CN(CC3COC5(C3)CN(c3ccc([C@H]6c7ccc(O)cc7CC[C@H]6c6ccccc6)cc3)C5)CCN42)C(=O)N1. The number of rotatable bonds is 6. The van der Waals surface area contributed by atoms with E-state index in [1.54, 1.807) is 4.90 Å². The molecule has 1 aliphatic carbocycles. The Morgan fingerprint density at radius 1 is 0.862 bits per heavy atom. The van der Waals surface area contributed by atoms with E-state index < -0.39 is 6.04 Å². The first-order chi connectivity index (χ1) is 28.3. The molecule has 4 saturated heterocycles. The summed E-state index contributed by atoms with van der Waals surface area (Å²) in [7, 11) is 0. The number of carbonyl (C=O) groups is 2. The summed E-state index contributed by atoms with van der Waals surface area (Å²) in [5.74, 6) is 2.02. The fourth-order valence-electron chi connectivity index (χ4n) is 11.4. The van der Waals surface area contributed by atoms with Crippen LogP contribution in [-0.4, -0.2) is 96.9 Å². The maximum Gasteiger partial charge on any atom is 0.255 e. The van der Waals surface area contributed by atoms with Crippen LogP contribution in [0.3, 0.4) is 0 Å². The lowest BCUT2D eigenvalue weighted by atomic mass is 9.69. The number of nitrogens with zero attached hydrogens (tertiary/aromatic N) is 4. The van der Waals surface area contributed by atoms with E-state index in [1.165, 1.54) is 27.9 Å². The molecule has 6 heterocycles. The van der Waals surface area contributed by atoms with Crippen LogP contribution in [0.5, 0.6) is 11.5 Å². The van der Waals surface area contributed by atoms with Crippen LogP contribution in [0.1, 0.15) is 75.7 Å². The van der Waals surface area contributed by atoms with Gasteiger partial charge in [0.1, 0.15) is 29.7 Å². The van der Waals surface area contributed by atoms with Gasteiger partial charge in [-0.1, -0.05) is 55.1 Å². The van der Waals surface area contributed by atoms with Crippen molar-refractivity contribution in [2.75, 3.05) is 62.3 Å². The zero-order chi connectivity index (χ0) is 39.1. The first kappa shape index (κ1) is 35.8. The molecule has 11 rings (SSSR count). The molecule has 2 N–H and O–H groups in total. The third kappa shape index (κ3) is 6.14. The number of phenols is 1. The number of hydrogen-bond acceptors (Lipinski definition) is 8. The van der Waals surface area contributed by atoms with Crippen molar-refractivity contribution in [1.82, 2.24) is 15.1 Å². The number of aromatic hydroxyl groups is 1. The number of anilines is 2. The van der Waals surface area contributed by atoms with Gasteiger partial charge in [-0.15, -0.1) is 0 Å². The molecule has 1 unspecified atom stereocenters. The number of piperazine rings is 1. The second-order valence-electron chi connectivity index (χ2n) is 17.9. The second-order valence-corrected chi connectivity index (χ2v) is 17.9. The van der Waals surface area contributed by atoms with E-state index in [9.17, 15) is 14.7 Å². The molecule has 6 aliphatic heterocycles. The van der Waals surface area contributed by atoms with Gasteiger partial charge in [0.25, 0.3) is 5.91 Å². The van der Waals surface area contributed by atoms with E-state index in [4.69, 9.17) is 9.47 Å². The zero-order valence-corrected chi connectivity index (χ0v) is 32.9. The van der Waals surface area contributed by atoms with Crippen LogP contribution in [0.25, 0.3) is 0 Å². The number of ether oxygens (including phenoxy) is 2. The molecule has 0 saturated carbocycles. The Morgan fingerprint density at radius 2 is 1.71 bits per heavy atom. The number of fused-ring (bicyclic) bond motifs is 5. The van der Waals surface area contributed by atoms with Crippen LogP contribution in [0.15, 0.2) is 97.2 Å². The van der Waals surface area contributed by atoms with Gasteiger partial charge in [0.2, 0.25) is 5.91 Å². The summed E-state index contributed by atoms with van der Waals surface area (Å²) in [4.78, 5) is 35.4. The molecule has 4 aromatic carbocycles. The Hall–Kier alpha value is -5.32. The summed E-state index contributed by atoms with van der Waals surface area (Å²) < 4.78 is 12.9. The predicted molar refractivity (Wildman–Crippen MR) is 223 cm³/mol. The van der Waals surface area contributed by atoms with Gasteiger partial charge in [-0.3, -0.25) is 14.5 Å². The third-order valence-electron chi connectivity index (χ3n) is 14.2. The van der Waals surface area contributed by atoms with Crippen molar-refractivity contribution >= 4 is 23.2 Å². The molecule has 10 heteroatoms. The number of carbonyl (C=O) groups excluding carboxylic acids is 2. The van der Waals surface area contributed by atoms with Gasteiger partial charge in [0.05, 0.1) is 18.3 Å². The lowest BCUT2D eigenvalue weighted by molar-refractivity contribution is -0.126. The van der Waals surface area contributed by atoms with E-state index in [0.717, 1.165) is 87.8 Å². The average molecular weight is 778 g/mol.